The molecule has 88 valence electrons. The van der Waals surface area contributed by atoms with Gasteiger partial charge in [-0.3, -0.25) is 4.57 Å². The Balaban J connectivity index is 2.18. The van der Waals surface area contributed by atoms with Gasteiger partial charge in [-0.05, 0) is 13.8 Å². The lowest BCUT2D eigenvalue weighted by Gasteiger charge is -2.19. The average Bonchev–Trinajstić information content (AvgIpc) is 2.69. The van der Waals surface area contributed by atoms with Gasteiger partial charge >= 0.3 is 0 Å². The molecule has 1 N–H and O–H groups in total. The first-order chi connectivity index (χ1) is 8.27. The van der Waals surface area contributed by atoms with Gasteiger partial charge in [0.05, 0.1) is 11.4 Å². The van der Waals surface area contributed by atoms with Crippen LogP contribution in [0.15, 0.2) is 12.7 Å². The van der Waals surface area contributed by atoms with Gasteiger partial charge in [-0.15, -0.1) is 0 Å². The molecule has 0 saturated carbocycles. The minimum Gasteiger partial charge on any atom is -0.312 e. The van der Waals surface area contributed by atoms with Crippen LogP contribution in [0.3, 0.4) is 0 Å². The van der Waals surface area contributed by atoms with Gasteiger partial charge in [-0.2, -0.15) is 0 Å². The van der Waals surface area contributed by atoms with Crippen molar-refractivity contribution in [3.05, 3.63) is 35.3 Å². The summed E-state index contributed by atoms with van der Waals surface area (Å²) in [4.78, 5) is 13.1. The molecule has 0 spiro atoms. The molecule has 3 rings (SSSR count). The van der Waals surface area contributed by atoms with Gasteiger partial charge in [-0.1, -0.05) is 0 Å². The summed E-state index contributed by atoms with van der Waals surface area (Å²) in [6, 6.07) is 0. The molecule has 0 radical (unpaired) electrons. The average molecular weight is 229 g/mol. The highest BCUT2D eigenvalue weighted by Crippen LogP contribution is 2.20. The highest BCUT2D eigenvalue weighted by molar-refractivity contribution is 5.39. The number of fused-ring (bicyclic) bond motifs is 1. The van der Waals surface area contributed by atoms with E-state index >= 15 is 0 Å². The molecule has 1 aliphatic heterocycles. The predicted octanol–water partition coefficient (Wildman–Crippen LogP) is 0.925. The van der Waals surface area contributed by atoms with Gasteiger partial charge < -0.3 is 5.32 Å². The molecule has 0 bridgehead atoms. The molecule has 5 nitrogen and oxygen atoms in total. The van der Waals surface area contributed by atoms with E-state index < -0.39 is 0 Å². The third kappa shape index (κ3) is 1.63. The van der Waals surface area contributed by atoms with Crippen molar-refractivity contribution in [3.8, 4) is 5.82 Å². The van der Waals surface area contributed by atoms with E-state index in [0.29, 0.717) is 0 Å². The number of aromatic nitrogens is 4. The first kappa shape index (κ1) is 10.4. The molecule has 0 unspecified atom stereocenters. The number of imidazole rings is 1. The number of aryl methyl sites for hydroxylation is 1. The third-order valence-electron chi connectivity index (χ3n) is 3.33. The quantitative estimate of drug-likeness (QED) is 0.790. The molecule has 2 aromatic heterocycles. The lowest BCUT2D eigenvalue weighted by Crippen LogP contribution is -2.26. The Morgan fingerprint density at radius 2 is 2.12 bits per heavy atom. The molecule has 0 atom stereocenters. The van der Waals surface area contributed by atoms with E-state index in [1.54, 1.807) is 6.33 Å². The van der Waals surface area contributed by atoms with Crippen LogP contribution in [0.5, 0.6) is 0 Å². The van der Waals surface area contributed by atoms with Crippen molar-refractivity contribution in [2.24, 2.45) is 0 Å². The van der Waals surface area contributed by atoms with Crippen LogP contribution in [-0.2, 0) is 13.0 Å². The molecule has 0 amide bonds. The van der Waals surface area contributed by atoms with Crippen molar-refractivity contribution >= 4 is 0 Å². The van der Waals surface area contributed by atoms with Crippen LogP contribution in [0, 0.1) is 13.8 Å². The largest absolute Gasteiger partial charge is 0.312 e. The predicted molar refractivity (Wildman–Crippen MR) is 64.0 cm³/mol. The summed E-state index contributed by atoms with van der Waals surface area (Å²) >= 11 is 0. The highest BCUT2D eigenvalue weighted by atomic mass is 15.1. The molecule has 3 heterocycles. The minimum atomic E-state index is 0.835. The molecule has 0 saturated heterocycles. The Hall–Kier alpha value is -1.75. The molecule has 0 aliphatic carbocycles. The molecule has 2 aromatic rings. The Kier molecular flexibility index (Phi) is 2.40. The van der Waals surface area contributed by atoms with Crippen LogP contribution in [0.1, 0.15) is 22.6 Å². The normalized spacial score (nSPS) is 14.7. The van der Waals surface area contributed by atoms with Crippen molar-refractivity contribution in [2.45, 2.75) is 26.8 Å². The maximum absolute atomic E-state index is 4.41. The van der Waals surface area contributed by atoms with E-state index in [2.05, 4.69) is 27.2 Å². The monoisotopic (exact) mass is 229 g/mol. The smallest absolute Gasteiger partial charge is 0.146 e. The number of rotatable bonds is 1. The van der Waals surface area contributed by atoms with Crippen molar-refractivity contribution in [1.82, 2.24) is 24.8 Å². The maximum atomic E-state index is 4.41. The van der Waals surface area contributed by atoms with E-state index in [9.17, 15) is 0 Å². The van der Waals surface area contributed by atoms with Gasteiger partial charge in [0.25, 0.3) is 0 Å². The van der Waals surface area contributed by atoms with E-state index in [-0.39, 0.29) is 0 Å². The maximum Gasteiger partial charge on any atom is 0.146 e. The Bertz CT molecular complexity index is 558. The standard InChI is InChI=1S/C12H15N5/c1-8-9(2)17(7-16-8)12-10-5-13-4-3-11(10)14-6-15-12/h6-7,13H,3-5H2,1-2H3. The Labute approximate surface area is 99.9 Å². The Morgan fingerprint density at radius 3 is 2.88 bits per heavy atom. The van der Waals surface area contributed by atoms with E-state index in [1.165, 1.54) is 5.56 Å². The van der Waals surface area contributed by atoms with E-state index in [1.807, 2.05) is 17.8 Å². The fourth-order valence-corrected chi connectivity index (χ4v) is 2.17. The molecular formula is C12H15N5. The lowest BCUT2D eigenvalue weighted by atomic mass is 10.1. The molecular weight excluding hydrogens is 214 g/mol. The summed E-state index contributed by atoms with van der Waals surface area (Å²) in [5, 5.41) is 3.36. The molecule has 0 aromatic carbocycles. The lowest BCUT2D eigenvalue weighted by molar-refractivity contribution is 0.619. The number of hydrogen-bond acceptors (Lipinski definition) is 4. The highest BCUT2D eigenvalue weighted by Gasteiger charge is 2.17. The summed E-state index contributed by atoms with van der Waals surface area (Å²) in [5.41, 5.74) is 4.52. The zero-order valence-electron chi connectivity index (χ0n) is 10.1. The van der Waals surface area contributed by atoms with Crippen molar-refractivity contribution in [1.29, 1.82) is 0 Å². The van der Waals surface area contributed by atoms with Crippen LogP contribution in [0.25, 0.3) is 5.82 Å². The van der Waals surface area contributed by atoms with Gasteiger partial charge in [0.1, 0.15) is 18.5 Å². The molecule has 5 heteroatoms. The molecule has 1 aliphatic rings. The van der Waals surface area contributed by atoms with Crippen LogP contribution < -0.4 is 5.32 Å². The van der Waals surface area contributed by atoms with Gasteiger partial charge in [0, 0.05) is 30.8 Å². The molecule has 17 heavy (non-hydrogen) atoms. The SMILES string of the molecule is Cc1ncn(-c2ncnc3c2CNCC3)c1C. The first-order valence-electron chi connectivity index (χ1n) is 5.82. The van der Waals surface area contributed by atoms with E-state index in [0.717, 1.165) is 42.4 Å². The third-order valence-corrected chi connectivity index (χ3v) is 3.33. The van der Waals surface area contributed by atoms with Gasteiger partial charge in [-0.25, -0.2) is 15.0 Å². The summed E-state index contributed by atoms with van der Waals surface area (Å²) < 4.78 is 2.04. The molecule has 0 fully saturated rings. The summed E-state index contributed by atoms with van der Waals surface area (Å²) in [6.07, 6.45) is 4.45. The zero-order chi connectivity index (χ0) is 11.8. The second-order valence-electron chi connectivity index (χ2n) is 4.33. The summed E-state index contributed by atoms with van der Waals surface area (Å²) in [6.45, 7) is 5.90. The van der Waals surface area contributed by atoms with E-state index in [4.69, 9.17) is 0 Å². The zero-order valence-corrected chi connectivity index (χ0v) is 10.1. The fraction of sp³-hybridized carbons (Fsp3) is 0.417. The van der Waals surface area contributed by atoms with Crippen LogP contribution in [-0.4, -0.2) is 26.1 Å². The summed E-state index contributed by atoms with van der Waals surface area (Å²) in [7, 11) is 0. The first-order valence-corrected chi connectivity index (χ1v) is 5.82. The summed E-state index contributed by atoms with van der Waals surface area (Å²) in [5.74, 6) is 0.959. The second kappa shape index (κ2) is 3.92. The van der Waals surface area contributed by atoms with Gasteiger partial charge in [0.15, 0.2) is 0 Å². The van der Waals surface area contributed by atoms with Crippen molar-refractivity contribution in [3.63, 3.8) is 0 Å². The van der Waals surface area contributed by atoms with Crippen LogP contribution >= 0.6 is 0 Å². The van der Waals surface area contributed by atoms with Crippen LogP contribution in [0.4, 0.5) is 0 Å². The number of nitrogens with zero attached hydrogens (tertiary/aromatic N) is 4. The second-order valence-corrected chi connectivity index (χ2v) is 4.33. The topological polar surface area (TPSA) is 55.6 Å². The van der Waals surface area contributed by atoms with Gasteiger partial charge in [0.2, 0.25) is 0 Å². The van der Waals surface area contributed by atoms with Crippen molar-refractivity contribution in [2.75, 3.05) is 6.54 Å². The van der Waals surface area contributed by atoms with Crippen molar-refractivity contribution < 1.29 is 0 Å². The minimum absolute atomic E-state index is 0.835. The number of hydrogen-bond donors (Lipinski definition) is 1. The Morgan fingerprint density at radius 1 is 1.24 bits per heavy atom. The van der Waals surface area contributed by atoms with Crippen LogP contribution in [0.2, 0.25) is 0 Å². The fourth-order valence-electron chi connectivity index (χ4n) is 2.17. The number of nitrogens with one attached hydrogen (secondary N) is 1.